The Balaban J connectivity index is 1.84. The summed E-state index contributed by atoms with van der Waals surface area (Å²) in [5.41, 5.74) is 2.37. The summed E-state index contributed by atoms with van der Waals surface area (Å²) in [6.07, 6.45) is 10.4. The van der Waals surface area contributed by atoms with Gasteiger partial charge in [-0.15, -0.1) is 0 Å². The van der Waals surface area contributed by atoms with E-state index in [0.717, 1.165) is 43.4 Å². The van der Waals surface area contributed by atoms with Crippen LogP contribution in [0.25, 0.3) is 5.69 Å². The Morgan fingerprint density at radius 3 is 2.50 bits per heavy atom. The molecule has 1 aliphatic carbocycles. The Morgan fingerprint density at radius 2 is 1.82 bits per heavy atom. The number of unbranched alkanes of at least 4 members (excludes halogenated alkanes) is 1. The molecule has 6 heteroatoms. The first kappa shape index (κ1) is 26.0. The van der Waals surface area contributed by atoms with E-state index in [4.69, 9.17) is 0 Å². The molecular formula is C28H41N3O3. The van der Waals surface area contributed by atoms with E-state index in [1.54, 1.807) is 4.90 Å². The molecule has 1 fully saturated rings. The molecule has 1 aromatic carbocycles. The van der Waals surface area contributed by atoms with Gasteiger partial charge in [-0.1, -0.05) is 77.5 Å². The number of para-hydroxylation sites is 1. The summed E-state index contributed by atoms with van der Waals surface area (Å²) in [6, 6.07) is 7.76. The van der Waals surface area contributed by atoms with Gasteiger partial charge in [0.2, 0.25) is 5.91 Å². The van der Waals surface area contributed by atoms with Gasteiger partial charge in [0.15, 0.2) is 5.78 Å². The van der Waals surface area contributed by atoms with Crippen molar-refractivity contribution in [1.29, 1.82) is 0 Å². The standard InChI is InChI=1S/C28H41N3O3/c1-4-7-19-30(26(33)18-17-21-13-8-9-14-21)20-25(32)27-23(12-5-2)29-31(28(27)34)24-16-11-10-15-22(24)6-3/h10-11,15-16,21,29H,4-9,12-14,17-20H2,1-3H3. The molecule has 1 heterocycles. The van der Waals surface area contributed by atoms with Crippen LogP contribution in [0.4, 0.5) is 0 Å². The van der Waals surface area contributed by atoms with Crippen molar-refractivity contribution in [3.63, 3.8) is 0 Å². The number of carbonyl (C=O) groups is 2. The molecule has 0 saturated heterocycles. The minimum absolute atomic E-state index is 0.0251. The summed E-state index contributed by atoms with van der Waals surface area (Å²) in [7, 11) is 0. The first-order valence-corrected chi connectivity index (χ1v) is 13.2. The van der Waals surface area contributed by atoms with E-state index < -0.39 is 0 Å². The normalized spacial score (nSPS) is 14.0. The van der Waals surface area contributed by atoms with Gasteiger partial charge in [0, 0.05) is 18.7 Å². The van der Waals surface area contributed by atoms with Crippen molar-refractivity contribution >= 4 is 11.7 Å². The van der Waals surface area contributed by atoms with E-state index in [1.165, 1.54) is 30.4 Å². The van der Waals surface area contributed by atoms with E-state index in [2.05, 4.69) is 18.9 Å². The predicted octanol–water partition coefficient (Wildman–Crippen LogP) is 5.46. The second-order valence-electron chi connectivity index (χ2n) is 9.62. The number of H-pyrrole nitrogens is 1. The van der Waals surface area contributed by atoms with Crippen LogP contribution in [0.5, 0.6) is 0 Å². The number of carbonyl (C=O) groups excluding carboxylic acids is 2. The molecule has 186 valence electrons. The van der Waals surface area contributed by atoms with Crippen molar-refractivity contribution in [2.75, 3.05) is 13.1 Å². The fourth-order valence-electron chi connectivity index (χ4n) is 5.08. The van der Waals surface area contributed by atoms with Gasteiger partial charge in [-0.25, -0.2) is 4.68 Å². The van der Waals surface area contributed by atoms with E-state index in [9.17, 15) is 14.4 Å². The van der Waals surface area contributed by atoms with E-state index in [1.807, 2.05) is 31.2 Å². The molecule has 1 saturated carbocycles. The molecule has 0 unspecified atom stereocenters. The summed E-state index contributed by atoms with van der Waals surface area (Å²) in [5.74, 6) is 0.417. The van der Waals surface area contributed by atoms with Gasteiger partial charge in [-0.05, 0) is 43.2 Å². The number of aromatic amines is 1. The van der Waals surface area contributed by atoms with E-state index >= 15 is 0 Å². The summed E-state index contributed by atoms with van der Waals surface area (Å²) >= 11 is 0. The number of rotatable bonds is 13. The smallest absolute Gasteiger partial charge is 0.282 e. The Kier molecular flexibility index (Phi) is 9.73. The highest BCUT2D eigenvalue weighted by Gasteiger charge is 2.26. The molecule has 0 spiro atoms. The number of hydrogen-bond donors (Lipinski definition) is 1. The molecular weight excluding hydrogens is 426 g/mol. The molecule has 3 rings (SSSR count). The van der Waals surface area contributed by atoms with Gasteiger partial charge in [0.25, 0.3) is 5.56 Å². The monoisotopic (exact) mass is 467 g/mol. The quantitative estimate of drug-likeness (QED) is 0.397. The third-order valence-corrected chi connectivity index (χ3v) is 7.07. The number of aromatic nitrogens is 2. The van der Waals surface area contributed by atoms with Crippen molar-refractivity contribution in [2.24, 2.45) is 5.92 Å². The summed E-state index contributed by atoms with van der Waals surface area (Å²) in [5, 5.41) is 3.21. The van der Waals surface area contributed by atoms with E-state index in [0.29, 0.717) is 31.0 Å². The fourth-order valence-corrected chi connectivity index (χ4v) is 5.08. The molecule has 0 bridgehead atoms. The molecule has 2 aromatic rings. The van der Waals surface area contributed by atoms with Gasteiger partial charge in [-0.3, -0.25) is 19.5 Å². The van der Waals surface area contributed by atoms with Crippen molar-refractivity contribution < 1.29 is 9.59 Å². The molecule has 0 aliphatic heterocycles. The number of hydrogen-bond acceptors (Lipinski definition) is 3. The number of ketones is 1. The first-order valence-electron chi connectivity index (χ1n) is 13.2. The number of nitrogens with zero attached hydrogens (tertiary/aromatic N) is 2. The maximum Gasteiger partial charge on any atom is 0.282 e. The number of Topliss-reactive ketones (excluding diaryl/α,β-unsaturated/α-hetero) is 1. The van der Waals surface area contributed by atoms with Crippen LogP contribution in [0, 0.1) is 5.92 Å². The molecule has 1 N–H and O–H groups in total. The van der Waals surface area contributed by atoms with Crippen molar-refractivity contribution in [3.8, 4) is 5.69 Å². The number of benzene rings is 1. The maximum absolute atomic E-state index is 13.5. The van der Waals surface area contributed by atoms with Crippen molar-refractivity contribution in [2.45, 2.75) is 91.4 Å². The number of nitrogens with one attached hydrogen (secondary N) is 1. The third kappa shape index (κ3) is 6.28. The van der Waals surface area contributed by atoms with Gasteiger partial charge >= 0.3 is 0 Å². The second-order valence-corrected chi connectivity index (χ2v) is 9.62. The van der Waals surface area contributed by atoms with Crippen LogP contribution in [0.15, 0.2) is 29.1 Å². The Bertz CT molecular complexity index is 1010. The van der Waals surface area contributed by atoms with E-state index in [-0.39, 0.29) is 29.4 Å². The second kappa shape index (κ2) is 12.7. The SMILES string of the molecule is CCCCN(CC(=O)c1c(CCC)[nH]n(-c2ccccc2CC)c1=O)C(=O)CCC1CCCC1. The molecule has 0 radical (unpaired) electrons. The van der Waals surface area contributed by atoms with Crippen LogP contribution in [0.3, 0.4) is 0 Å². The van der Waals surface area contributed by atoms with Gasteiger partial charge in [0.1, 0.15) is 5.56 Å². The minimum atomic E-state index is -0.316. The lowest BCUT2D eigenvalue weighted by atomic mass is 10.0. The zero-order valence-electron chi connectivity index (χ0n) is 21.2. The fraction of sp³-hybridized carbons (Fsp3) is 0.607. The summed E-state index contributed by atoms with van der Waals surface area (Å²) in [6.45, 7) is 6.70. The molecule has 6 nitrogen and oxygen atoms in total. The lowest BCUT2D eigenvalue weighted by molar-refractivity contribution is -0.131. The first-order chi connectivity index (χ1) is 16.5. The lowest BCUT2D eigenvalue weighted by Gasteiger charge is -2.22. The Hall–Kier alpha value is -2.63. The lowest BCUT2D eigenvalue weighted by Crippen LogP contribution is -2.38. The Morgan fingerprint density at radius 1 is 1.09 bits per heavy atom. The molecule has 34 heavy (non-hydrogen) atoms. The van der Waals surface area contributed by atoms with Crippen molar-refractivity contribution in [1.82, 2.24) is 14.7 Å². The number of aryl methyl sites for hydroxylation is 2. The molecule has 1 aliphatic rings. The highest BCUT2D eigenvalue weighted by Crippen LogP contribution is 2.28. The largest absolute Gasteiger partial charge is 0.335 e. The van der Waals surface area contributed by atoms with Crippen LogP contribution < -0.4 is 5.56 Å². The average molecular weight is 468 g/mol. The van der Waals surface area contributed by atoms with Crippen LogP contribution in [0.2, 0.25) is 0 Å². The Labute approximate surface area is 203 Å². The van der Waals surface area contributed by atoms with Gasteiger partial charge < -0.3 is 4.90 Å². The maximum atomic E-state index is 13.5. The van der Waals surface area contributed by atoms with Gasteiger partial charge in [-0.2, -0.15) is 0 Å². The van der Waals surface area contributed by atoms with Gasteiger partial charge in [0.05, 0.1) is 12.2 Å². The molecule has 1 aromatic heterocycles. The van der Waals surface area contributed by atoms with Crippen LogP contribution >= 0.6 is 0 Å². The average Bonchev–Trinajstić information content (AvgIpc) is 3.48. The third-order valence-electron chi connectivity index (χ3n) is 7.07. The molecule has 1 amide bonds. The number of amides is 1. The zero-order chi connectivity index (χ0) is 24.5. The highest BCUT2D eigenvalue weighted by atomic mass is 16.2. The molecule has 0 atom stereocenters. The van der Waals surface area contributed by atoms with Crippen LogP contribution in [-0.2, 0) is 17.6 Å². The topological polar surface area (TPSA) is 75.2 Å². The summed E-state index contributed by atoms with van der Waals surface area (Å²) < 4.78 is 1.51. The highest BCUT2D eigenvalue weighted by molar-refractivity contribution is 6.00. The van der Waals surface area contributed by atoms with Crippen LogP contribution in [0.1, 0.15) is 100 Å². The van der Waals surface area contributed by atoms with Crippen molar-refractivity contribution in [3.05, 3.63) is 51.4 Å². The zero-order valence-corrected chi connectivity index (χ0v) is 21.2. The summed E-state index contributed by atoms with van der Waals surface area (Å²) in [4.78, 5) is 41.7. The van der Waals surface area contributed by atoms with Crippen LogP contribution in [-0.4, -0.2) is 39.5 Å². The minimum Gasteiger partial charge on any atom is -0.335 e. The predicted molar refractivity (Wildman–Crippen MR) is 137 cm³/mol.